The van der Waals surface area contributed by atoms with Gasteiger partial charge < -0.3 is 10.1 Å². The molecule has 1 N–H and O–H groups in total. The highest BCUT2D eigenvalue weighted by molar-refractivity contribution is 6.05. The number of rotatable bonds is 5. The van der Waals surface area contributed by atoms with Crippen LogP contribution in [0.15, 0.2) is 78.9 Å². The molecule has 0 fully saturated rings. The fourth-order valence-electron chi connectivity index (χ4n) is 2.50. The van der Waals surface area contributed by atoms with Gasteiger partial charge in [0.1, 0.15) is 12.4 Å². The minimum Gasteiger partial charge on any atom is -0.489 e. The van der Waals surface area contributed by atoms with E-state index in [0.717, 1.165) is 17.7 Å². The van der Waals surface area contributed by atoms with Gasteiger partial charge in [0.2, 0.25) is 0 Å². The van der Waals surface area contributed by atoms with Crippen molar-refractivity contribution in [3.8, 4) is 5.75 Å². The molecule has 0 radical (unpaired) electrons. The molecule has 0 heterocycles. The first-order valence-corrected chi connectivity index (χ1v) is 8.18. The molecule has 0 spiro atoms. The Kier molecular flexibility index (Phi) is 5.45. The third-order valence-electron chi connectivity index (χ3n) is 3.84. The Morgan fingerprint density at radius 3 is 2.15 bits per heavy atom. The molecular formula is C21H16F3NO2. The van der Waals surface area contributed by atoms with Crippen LogP contribution in [0.4, 0.5) is 18.9 Å². The molecule has 3 nitrogen and oxygen atoms in total. The third kappa shape index (κ3) is 4.88. The van der Waals surface area contributed by atoms with E-state index in [-0.39, 0.29) is 0 Å². The average Bonchev–Trinajstić information content (AvgIpc) is 2.67. The number of ether oxygens (including phenoxy) is 1. The van der Waals surface area contributed by atoms with E-state index in [9.17, 15) is 18.0 Å². The van der Waals surface area contributed by atoms with Gasteiger partial charge in [-0.05, 0) is 42.0 Å². The van der Waals surface area contributed by atoms with Crippen LogP contribution in [0, 0.1) is 0 Å². The molecule has 138 valence electrons. The van der Waals surface area contributed by atoms with E-state index in [2.05, 4.69) is 5.32 Å². The summed E-state index contributed by atoms with van der Waals surface area (Å²) in [6.07, 6.45) is -4.59. The Morgan fingerprint density at radius 1 is 0.852 bits per heavy atom. The summed E-state index contributed by atoms with van der Waals surface area (Å²) in [5.74, 6) is -0.228. The first-order chi connectivity index (χ1) is 12.9. The van der Waals surface area contributed by atoms with Gasteiger partial charge in [0.05, 0.1) is 11.1 Å². The van der Waals surface area contributed by atoms with Crippen LogP contribution in [0.5, 0.6) is 5.75 Å². The SMILES string of the molecule is O=C(Nc1ccc(OCc2ccccc2)cc1)c1ccccc1C(F)(F)F. The van der Waals surface area contributed by atoms with Gasteiger partial charge in [-0.2, -0.15) is 13.2 Å². The van der Waals surface area contributed by atoms with E-state index >= 15 is 0 Å². The smallest absolute Gasteiger partial charge is 0.417 e. The lowest BCUT2D eigenvalue weighted by Gasteiger charge is -2.13. The summed E-state index contributed by atoms with van der Waals surface area (Å²) in [6, 6.07) is 20.7. The van der Waals surface area contributed by atoms with Gasteiger partial charge in [-0.1, -0.05) is 42.5 Å². The minimum absolute atomic E-state index is 0.379. The number of benzene rings is 3. The van der Waals surface area contributed by atoms with E-state index in [4.69, 9.17) is 4.74 Å². The normalized spacial score (nSPS) is 11.1. The highest BCUT2D eigenvalue weighted by Crippen LogP contribution is 2.32. The van der Waals surface area contributed by atoms with Gasteiger partial charge in [0.25, 0.3) is 5.91 Å². The Balaban J connectivity index is 1.66. The van der Waals surface area contributed by atoms with Crippen LogP contribution in [0.1, 0.15) is 21.5 Å². The number of nitrogens with one attached hydrogen (secondary N) is 1. The molecule has 0 unspecified atom stereocenters. The summed E-state index contributed by atoms with van der Waals surface area (Å²) in [7, 11) is 0. The van der Waals surface area contributed by atoms with E-state index in [1.807, 2.05) is 30.3 Å². The number of alkyl halides is 3. The molecule has 0 saturated heterocycles. The Morgan fingerprint density at radius 2 is 1.48 bits per heavy atom. The summed E-state index contributed by atoms with van der Waals surface area (Å²) in [4.78, 5) is 12.2. The topological polar surface area (TPSA) is 38.3 Å². The number of carbonyl (C=O) groups is 1. The zero-order chi connectivity index (χ0) is 19.3. The lowest BCUT2D eigenvalue weighted by atomic mass is 10.1. The Bertz CT molecular complexity index is 907. The Hall–Kier alpha value is -3.28. The second kappa shape index (κ2) is 7.95. The van der Waals surface area contributed by atoms with Gasteiger partial charge in [-0.25, -0.2) is 0 Å². The monoisotopic (exact) mass is 371 g/mol. The maximum atomic E-state index is 13.0. The average molecular weight is 371 g/mol. The van der Waals surface area contributed by atoms with Crippen LogP contribution in [-0.4, -0.2) is 5.91 Å². The molecule has 0 aliphatic carbocycles. The maximum absolute atomic E-state index is 13.0. The number of hydrogen-bond donors (Lipinski definition) is 1. The molecule has 0 atom stereocenters. The molecule has 27 heavy (non-hydrogen) atoms. The van der Waals surface area contributed by atoms with E-state index in [1.165, 1.54) is 12.1 Å². The molecule has 0 aliphatic rings. The Labute approximate surface area is 154 Å². The highest BCUT2D eigenvalue weighted by atomic mass is 19.4. The standard InChI is InChI=1S/C21H16F3NO2/c22-21(23,24)19-9-5-4-8-18(19)20(26)25-16-10-12-17(13-11-16)27-14-15-6-2-1-3-7-15/h1-13H,14H2,(H,25,26). The number of carbonyl (C=O) groups excluding carboxylic acids is 1. The van der Waals surface area contributed by atoms with Crippen molar-refractivity contribution >= 4 is 11.6 Å². The van der Waals surface area contributed by atoms with Crippen molar-refractivity contribution in [1.29, 1.82) is 0 Å². The first kappa shape index (κ1) is 18.5. The maximum Gasteiger partial charge on any atom is 0.417 e. The van der Waals surface area contributed by atoms with Crippen molar-refractivity contribution in [3.63, 3.8) is 0 Å². The molecule has 0 aromatic heterocycles. The van der Waals surface area contributed by atoms with E-state index in [0.29, 0.717) is 18.0 Å². The second-order valence-electron chi connectivity index (χ2n) is 5.80. The lowest BCUT2D eigenvalue weighted by molar-refractivity contribution is -0.137. The minimum atomic E-state index is -4.59. The van der Waals surface area contributed by atoms with Crippen LogP contribution in [0.3, 0.4) is 0 Å². The van der Waals surface area contributed by atoms with Gasteiger partial charge in [-0.15, -0.1) is 0 Å². The van der Waals surface area contributed by atoms with E-state index < -0.39 is 23.2 Å². The largest absolute Gasteiger partial charge is 0.489 e. The van der Waals surface area contributed by atoms with Crippen molar-refractivity contribution in [2.24, 2.45) is 0 Å². The van der Waals surface area contributed by atoms with Gasteiger partial charge in [0, 0.05) is 5.69 Å². The molecule has 1 amide bonds. The fraction of sp³-hybridized carbons (Fsp3) is 0.0952. The van der Waals surface area contributed by atoms with Crippen LogP contribution < -0.4 is 10.1 Å². The predicted molar refractivity (Wildman–Crippen MR) is 96.6 cm³/mol. The van der Waals surface area contributed by atoms with E-state index in [1.54, 1.807) is 24.3 Å². The summed E-state index contributed by atoms with van der Waals surface area (Å²) in [5.41, 5.74) is 0.00222. The van der Waals surface area contributed by atoms with Gasteiger partial charge in [0.15, 0.2) is 0 Å². The molecule has 0 bridgehead atoms. The number of halogens is 3. The fourth-order valence-corrected chi connectivity index (χ4v) is 2.50. The summed E-state index contributed by atoms with van der Waals surface area (Å²) < 4.78 is 44.7. The molecule has 6 heteroatoms. The van der Waals surface area contributed by atoms with Crippen molar-refractivity contribution in [1.82, 2.24) is 0 Å². The van der Waals surface area contributed by atoms with Crippen molar-refractivity contribution in [3.05, 3.63) is 95.6 Å². The summed E-state index contributed by atoms with van der Waals surface area (Å²) in [6.45, 7) is 0.394. The number of anilines is 1. The summed E-state index contributed by atoms with van der Waals surface area (Å²) >= 11 is 0. The summed E-state index contributed by atoms with van der Waals surface area (Å²) in [5, 5.41) is 2.48. The molecule has 3 aromatic carbocycles. The van der Waals surface area contributed by atoms with Crippen LogP contribution in [0.2, 0.25) is 0 Å². The molecule has 0 saturated carbocycles. The molecular weight excluding hydrogens is 355 g/mol. The third-order valence-corrected chi connectivity index (χ3v) is 3.84. The van der Waals surface area contributed by atoms with Crippen molar-refractivity contribution in [2.45, 2.75) is 12.8 Å². The highest BCUT2D eigenvalue weighted by Gasteiger charge is 2.34. The number of hydrogen-bond acceptors (Lipinski definition) is 2. The first-order valence-electron chi connectivity index (χ1n) is 8.18. The quantitative estimate of drug-likeness (QED) is 0.640. The van der Waals surface area contributed by atoms with Crippen LogP contribution >= 0.6 is 0 Å². The number of amides is 1. The second-order valence-corrected chi connectivity index (χ2v) is 5.80. The zero-order valence-electron chi connectivity index (χ0n) is 14.2. The predicted octanol–water partition coefficient (Wildman–Crippen LogP) is 5.54. The van der Waals surface area contributed by atoms with Crippen LogP contribution in [0.25, 0.3) is 0 Å². The molecule has 3 aromatic rings. The van der Waals surface area contributed by atoms with Crippen LogP contribution in [-0.2, 0) is 12.8 Å². The van der Waals surface area contributed by atoms with Crippen molar-refractivity contribution in [2.75, 3.05) is 5.32 Å². The molecule has 0 aliphatic heterocycles. The van der Waals surface area contributed by atoms with Crippen molar-refractivity contribution < 1.29 is 22.7 Å². The van der Waals surface area contributed by atoms with Gasteiger partial charge >= 0.3 is 6.18 Å². The van der Waals surface area contributed by atoms with Gasteiger partial charge in [-0.3, -0.25) is 4.79 Å². The lowest BCUT2D eigenvalue weighted by Crippen LogP contribution is -2.18. The zero-order valence-corrected chi connectivity index (χ0v) is 14.2. The molecule has 3 rings (SSSR count).